The van der Waals surface area contributed by atoms with Crippen LogP contribution in [0.2, 0.25) is 0 Å². The molecule has 0 saturated heterocycles. The molecule has 0 fully saturated rings. The molecule has 0 unspecified atom stereocenters. The molecule has 0 aliphatic rings. The van der Waals surface area contributed by atoms with Gasteiger partial charge in [-0.1, -0.05) is 57.2 Å². The zero-order valence-corrected chi connectivity index (χ0v) is 21.3. The number of aromatic nitrogens is 2. The molecule has 4 heterocycles. The Morgan fingerprint density at radius 3 is 2.33 bits per heavy atom. The molecular weight excluding hydrogens is 456 g/mol. The summed E-state index contributed by atoms with van der Waals surface area (Å²) in [6.07, 6.45) is 1.87. The molecule has 0 aliphatic carbocycles. The molecule has 0 bridgehead atoms. The second-order valence-electron chi connectivity index (χ2n) is 10.9. The third kappa shape index (κ3) is 2.58. The van der Waals surface area contributed by atoms with E-state index in [1.54, 1.807) is 0 Å². The molecule has 8 rings (SSSR count). The molecule has 0 atom stereocenters. The largest absolute Gasteiger partial charge is 0.308 e. The molecule has 172 valence electrons. The van der Waals surface area contributed by atoms with E-state index in [1.807, 2.05) is 23.6 Å². The van der Waals surface area contributed by atoms with Crippen LogP contribution in [0.15, 0.2) is 91.1 Å². The molecule has 2 nitrogen and oxygen atoms in total. The van der Waals surface area contributed by atoms with Gasteiger partial charge in [-0.25, -0.2) is 0 Å². The van der Waals surface area contributed by atoms with E-state index in [0.29, 0.717) is 0 Å². The van der Waals surface area contributed by atoms with E-state index in [9.17, 15) is 0 Å². The first kappa shape index (κ1) is 20.3. The van der Waals surface area contributed by atoms with Gasteiger partial charge in [-0.05, 0) is 59.5 Å². The fourth-order valence-electron chi connectivity index (χ4n) is 5.99. The highest BCUT2D eigenvalue weighted by atomic mass is 32.1. The quantitative estimate of drug-likeness (QED) is 0.229. The number of benzene rings is 4. The number of thiophene rings is 1. The summed E-state index contributed by atoms with van der Waals surface area (Å²) in [6, 6.07) is 31.3. The fourth-order valence-corrected chi connectivity index (χ4v) is 7.12. The van der Waals surface area contributed by atoms with Crippen molar-refractivity contribution in [2.75, 3.05) is 0 Å². The number of hydrogen-bond donors (Lipinski definition) is 0. The van der Waals surface area contributed by atoms with Crippen molar-refractivity contribution in [3.63, 3.8) is 0 Å². The number of rotatable bonds is 1. The summed E-state index contributed by atoms with van der Waals surface area (Å²) in [5, 5.41) is 8.10. The third-order valence-corrected chi connectivity index (χ3v) is 8.84. The smallest absolute Gasteiger partial charge is 0.0702 e. The van der Waals surface area contributed by atoms with Gasteiger partial charge in [0.15, 0.2) is 0 Å². The Kier molecular flexibility index (Phi) is 3.85. The monoisotopic (exact) mass is 480 g/mol. The van der Waals surface area contributed by atoms with Crippen LogP contribution in [0.1, 0.15) is 26.3 Å². The Morgan fingerprint density at radius 1 is 0.667 bits per heavy atom. The zero-order chi connectivity index (χ0) is 24.2. The van der Waals surface area contributed by atoms with Crippen LogP contribution in [-0.2, 0) is 5.41 Å². The lowest BCUT2D eigenvalue weighted by Gasteiger charge is -2.19. The summed E-state index contributed by atoms with van der Waals surface area (Å²) < 4.78 is 5.20. The molecule has 36 heavy (non-hydrogen) atoms. The second-order valence-corrected chi connectivity index (χ2v) is 12.0. The van der Waals surface area contributed by atoms with Gasteiger partial charge in [0.1, 0.15) is 0 Å². The maximum Gasteiger partial charge on any atom is 0.0702 e. The van der Waals surface area contributed by atoms with E-state index in [2.05, 4.69) is 109 Å². The van der Waals surface area contributed by atoms with Crippen LogP contribution in [0.3, 0.4) is 0 Å². The SMILES string of the molecule is CC(C)(C)c1ccc2sc3cc4c5cc(-c6ccccn6)ccc5n5c6ccccc6c(c3c2c1)c45. The van der Waals surface area contributed by atoms with Crippen molar-refractivity contribution in [2.45, 2.75) is 26.2 Å². The van der Waals surface area contributed by atoms with E-state index in [-0.39, 0.29) is 5.41 Å². The molecule has 4 aromatic carbocycles. The van der Waals surface area contributed by atoms with Crippen molar-refractivity contribution in [1.82, 2.24) is 9.38 Å². The van der Waals surface area contributed by atoms with Crippen molar-refractivity contribution in [3.8, 4) is 11.3 Å². The van der Waals surface area contributed by atoms with Crippen LogP contribution >= 0.6 is 11.3 Å². The highest BCUT2D eigenvalue weighted by Gasteiger charge is 2.23. The first-order valence-electron chi connectivity index (χ1n) is 12.5. The first-order chi connectivity index (χ1) is 17.5. The van der Waals surface area contributed by atoms with Gasteiger partial charge in [0.05, 0.1) is 22.2 Å². The van der Waals surface area contributed by atoms with Crippen LogP contribution < -0.4 is 0 Å². The molecule has 3 heteroatoms. The standard InChI is InChI=1S/C33H24N2S/c1-33(2,3)20-12-14-28-24(17-20)30-29(36-28)18-23-22-16-19(25-9-6-7-15-34-25)11-13-27(22)35-26-10-5-4-8-21(26)31(30)32(23)35/h4-18H,1-3H3. The summed E-state index contributed by atoms with van der Waals surface area (Å²) in [4.78, 5) is 4.61. The Morgan fingerprint density at radius 2 is 1.50 bits per heavy atom. The summed E-state index contributed by atoms with van der Waals surface area (Å²) in [5.41, 5.74) is 7.53. The second kappa shape index (κ2) is 6.83. The van der Waals surface area contributed by atoms with Crippen molar-refractivity contribution >= 4 is 69.6 Å². The number of nitrogens with zero attached hydrogens (tertiary/aromatic N) is 2. The van der Waals surface area contributed by atoms with Gasteiger partial charge in [-0.3, -0.25) is 4.98 Å². The van der Waals surface area contributed by atoms with Gasteiger partial charge in [0.25, 0.3) is 0 Å². The molecule has 0 aliphatic heterocycles. The fraction of sp³-hybridized carbons (Fsp3) is 0.121. The van der Waals surface area contributed by atoms with E-state index >= 15 is 0 Å². The minimum Gasteiger partial charge on any atom is -0.308 e. The Labute approximate surface area is 212 Å². The Hall–Kier alpha value is -3.95. The first-order valence-corrected chi connectivity index (χ1v) is 13.3. The lowest BCUT2D eigenvalue weighted by atomic mass is 9.86. The number of para-hydroxylation sites is 1. The highest BCUT2D eigenvalue weighted by Crippen LogP contribution is 2.48. The molecule has 0 spiro atoms. The average Bonchev–Trinajstić information content (AvgIpc) is 3.53. The number of pyridine rings is 1. The molecular formula is C33H24N2S. The van der Waals surface area contributed by atoms with E-state index in [1.165, 1.54) is 63.8 Å². The number of hydrogen-bond acceptors (Lipinski definition) is 2. The molecule has 0 radical (unpaired) electrons. The lowest BCUT2D eigenvalue weighted by Crippen LogP contribution is -2.10. The Bertz CT molecular complexity index is 2120. The van der Waals surface area contributed by atoms with Crippen LogP contribution in [0.25, 0.3) is 69.5 Å². The lowest BCUT2D eigenvalue weighted by molar-refractivity contribution is 0.591. The van der Waals surface area contributed by atoms with Gasteiger partial charge in [0, 0.05) is 53.5 Å². The molecule has 0 saturated carbocycles. The molecule has 0 amide bonds. The maximum absolute atomic E-state index is 4.61. The zero-order valence-electron chi connectivity index (χ0n) is 20.5. The average molecular weight is 481 g/mol. The third-order valence-electron chi connectivity index (χ3n) is 7.72. The topological polar surface area (TPSA) is 17.3 Å². The maximum atomic E-state index is 4.61. The minimum atomic E-state index is 0.113. The summed E-state index contributed by atoms with van der Waals surface area (Å²) in [5.74, 6) is 0. The van der Waals surface area contributed by atoms with Crippen molar-refractivity contribution in [1.29, 1.82) is 0 Å². The Balaban J connectivity index is 1.59. The minimum absolute atomic E-state index is 0.113. The van der Waals surface area contributed by atoms with Crippen molar-refractivity contribution in [2.24, 2.45) is 0 Å². The van der Waals surface area contributed by atoms with Crippen LogP contribution in [0.5, 0.6) is 0 Å². The summed E-state index contributed by atoms with van der Waals surface area (Å²) in [7, 11) is 0. The van der Waals surface area contributed by atoms with Crippen LogP contribution in [-0.4, -0.2) is 9.38 Å². The van der Waals surface area contributed by atoms with Crippen LogP contribution in [0.4, 0.5) is 0 Å². The van der Waals surface area contributed by atoms with Gasteiger partial charge in [-0.15, -0.1) is 11.3 Å². The predicted molar refractivity (Wildman–Crippen MR) is 156 cm³/mol. The predicted octanol–water partition coefficient (Wildman–Crippen LogP) is 9.56. The summed E-state index contributed by atoms with van der Waals surface area (Å²) >= 11 is 1.91. The van der Waals surface area contributed by atoms with Gasteiger partial charge < -0.3 is 4.40 Å². The van der Waals surface area contributed by atoms with Crippen molar-refractivity contribution in [3.05, 3.63) is 96.7 Å². The summed E-state index contributed by atoms with van der Waals surface area (Å²) in [6.45, 7) is 6.89. The van der Waals surface area contributed by atoms with Crippen LogP contribution in [0, 0.1) is 0 Å². The van der Waals surface area contributed by atoms with Gasteiger partial charge in [-0.2, -0.15) is 0 Å². The molecule has 0 N–H and O–H groups in total. The molecule has 8 aromatic rings. The molecule has 4 aromatic heterocycles. The normalized spacial score (nSPS) is 12.9. The van der Waals surface area contributed by atoms with Gasteiger partial charge in [0.2, 0.25) is 0 Å². The number of fused-ring (bicyclic) bond motifs is 10. The van der Waals surface area contributed by atoms with Crippen molar-refractivity contribution < 1.29 is 0 Å². The van der Waals surface area contributed by atoms with E-state index in [4.69, 9.17) is 0 Å². The van der Waals surface area contributed by atoms with E-state index < -0.39 is 0 Å². The highest BCUT2D eigenvalue weighted by molar-refractivity contribution is 7.26. The van der Waals surface area contributed by atoms with E-state index in [0.717, 1.165) is 11.3 Å². The van der Waals surface area contributed by atoms with Gasteiger partial charge >= 0.3 is 0 Å².